The van der Waals surface area contributed by atoms with Crippen molar-refractivity contribution in [2.75, 3.05) is 13.2 Å². The van der Waals surface area contributed by atoms with Gasteiger partial charge in [0.25, 0.3) is 0 Å². The molecule has 0 spiro atoms. The van der Waals surface area contributed by atoms with Gasteiger partial charge in [-0.05, 0) is 6.42 Å². The van der Waals surface area contributed by atoms with Crippen LogP contribution in [-0.2, 0) is 11.3 Å². The minimum absolute atomic E-state index is 0.150. The highest BCUT2D eigenvalue weighted by Gasteiger charge is 2.34. The largest absolute Gasteiger partial charge is 0.478 e. The summed E-state index contributed by atoms with van der Waals surface area (Å²) in [5.74, 6) is -0.0387. The molecule has 28 heavy (non-hydrogen) atoms. The number of carbonyl (C=O) groups is 1. The normalized spacial score (nSPS) is 15.4. The molecular formula is C18H15Cl2N5O3. The molecule has 8 nitrogen and oxygen atoms in total. The minimum Gasteiger partial charge on any atom is -0.478 e. The van der Waals surface area contributed by atoms with Crippen molar-refractivity contribution < 1.29 is 14.6 Å². The molecule has 1 aliphatic heterocycles. The number of aliphatic hydroxyl groups excluding tert-OH is 1. The van der Waals surface area contributed by atoms with E-state index in [9.17, 15) is 4.79 Å². The number of aromatic amines is 1. The molecular weight excluding hydrogens is 405 g/mol. The molecule has 10 heteroatoms. The third-order valence-corrected chi connectivity index (χ3v) is 5.53. The van der Waals surface area contributed by atoms with E-state index in [-0.39, 0.29) is 12.6 Å². The molecule has 1 aliphatic rings. The fourth-order valence-corrected chi connectivity index (χ4v) is 4.18. The predicted molar refractivity (Wildman–Crippen MR) is 103 cm³/mol. The summed E-state index contributed by atoms with van der Waals surface area (Å²) in [6, 6.07) is 3.22. The number of hydrogen-bond acceptors (Lipinski definition) is 5. The molecule has 3 heterocycles. The van der Waals surface area contributed by atoms with Crippen molar-refractivity contribution in [3.8, 4) is 22.9 Å². The monoisotopic (exact) mass is 419 g/mol. The van der Waals surface area contributed by atoms with Crippen molar-refractivity contribution in [1.82, 2.24) is 20.1 Å². The number of aromatic nitrogens is 3. The highest BCUT2D eigenvalue weighted by Crippen LogP contribution is 2.49. The summed E-state index contributed by atoms with van der Waals surface area (Å²) in [6.45, 7) is -0.151. The van der Waals surface area contributed by atoms with Crippen LogP contribution in [0.4, 0.5) is 0 Å². The summed E-state index contributed by atoms with van der Waals surface area (Å²) in [6.07, 6.45) is 4.03. The molecule has 0 saturated heterocycles. The van der Waals surface area contributed by atoms with Crippen molar-refractivity contribution in [1.29, 1.82) is 5.26 Å². The maximum Gasteiger partial charge on any atom is 0.246 e. The van der Waals surface area contributed by atoms with Gasteiger partial charge in [-0.2, -0.15) is 10.4 Å². The highest BCUT2D eigenvalue weighted by molar-refractivity contribution is 6.45. The molecule has 3 aromatic rings. The second-order valence-corrected chi connectivity index (χ2v) is 7.09. The second-order valence-electron chi connectivity index (χ2n) is 6.31. The summed E-state index contributed by atoms with van der Waals surface area (Å²) in [7, 11) is 0. The molecule has 0 saturated carbocycles. The number of aryl methyl sites for hydroxylation is 1. The first-order chi connectivity index (χ1) is 13.6. The lowest BCUT2D eigenvalue weighted by atomic mass is 10.00. The first-order valence-electron chi connectivity index (χ1n) is 8.50. The zero-order valence-corrected chi connectivity index (χ0v) is 16.0. The maximum absolute atomic E-state index is 11.8. The van der Waals surface area contributed by atoms with Gasteiger partial charge in [0.1, 0.15) is 18.4 Å². The summed E-state index contributed by atoms with van der Waals surface area (Å²) in [5, 5.41) is 29.1. The van der Waals surface area contributed by atoms with Gasteiger partial charge in [-0.1, -0.05) is 23.2 Å². The summed E-state index contributed by atoms with van der Waals surface area (Å²) in [5.41, 5.74) is 3.07. The van der Waals surface area contributed by atoms with Crippen LogP contribution in [0.25, 0.3) is 22.0 Å². The van der Waals surface area contributed by atoms with E-state index in [1.54, 1.807) is 18.5 Å². The Bertz CT molecular complexity index is 1100. The third kappa shape index (κ3) is 2.88. The fraction of sp³-hybridized carbons (Fsp3) is 0.278. The first-order valence-corrected chi connectivity index (χ1v) is 9.25. The standard InChI is InChI=1S/C18H15Cl2N5O3/c19-10-5-12(28-4-2-21)15-14(9-6-22-23-7-9)17-11(24-13(27)8-26)1-3-25(17)18(15)16(10)20/h5-7,11,26H,1,3-4,8H2,(H,22,23)(H,24,27)/t11-/m0/s1. The number of nitriles is 1. The van der Waals surface area contributed by atoms with Crippen molar-refractivity contribution in [2.45, 2.75) is 19.0 Å². The topological polar surface area (TPSA) is 116 Å². The zero-order valence-electron chi connectivity index (χ0n) is 14.5. The van der Waals surface area contributed by atoms with E-state index in [0.29, 0.717) is 39.7 Å². The van der Waals surface area contributed by atoms with Gasteiger partial charge in [0.2, 0.25) is 5.91 Å². The van der Waals surface area contributed by atoms with Gasteiger partial charge in [0.15, 0.2) is 6.61 Å². The Balaban J connectivity index is 2.04. The molecule has 3 N–H and O–H groups in total. The average Bonchev–Trinajstić information content (AvgIpc) is 3.40. The number of amides is 1. The zero-order chi connectivity index (χ0) is 19.8. The van der Waals surface area contributed by atoms with Gasteiger partial charge in [-0.25, -0.2) is 0 Å². The number of halogens is 2. The molecule has 0 bridgehead atoms. The van der Waals surface area contributed by atoms with Gasteiger partial charge in [-0.15, -0.1) is 0 Å². The molecule has 1 amide bonds. The Kier molecular flexibility index (Phi) is 4.89. The van der Waals surface area contributed by atoms with Crippen LogP contribution >= 0.6 is 23.2 Å². The Hall–Kier alpha value is -2.73. The summed E-state index contributed by atoms with van der Waals surface area (Å²) >= 11 is 12.9. The van der Waals surface area contributed by atoms with E-state index >= 15 is 0 Å². The highest BCUT2D eigenvalue weighted by atomic mass is 35.5. The van der Waals surface area contributed by atoms with Crippen LogP contribution in [0.15, 0.2) is 18.5 Å². The van der Waals surface area contributed by atoms with Crippen LogP contribution in [0, 0.1) is 11.3 Å². The van der Waals surface area contributed by atoms with Crippen LogP contribution in [0.1, 0.15) is 18.2 Å². The number of hydrogen-bond donors (Lipinski definition) is 3. The SMILES string of the molecule is N#CCOc1cc(Cl)c(Cl)c2c1c(-c1cn[nH]c1)c1n2CC[C@@H]1NC(=O)CO. The van der Waals surface area contributed by atoms with E-state index in [4.69, 9.17) is 38.3 Å². The Morgan fingerprint density at radius 2 is 2.36 bits per heavy atom. The van der Waals surface area contributed by atoms with Gasteiger partial charge in [-0.3, -0.25) is 9.89 Å². The number of aliphatic hydroxyl groups is 1. The number of H-pyrrole nitrogens is 1. The van der Waals surface area contributed by atoms with Crippen LogP contribution < -0.4 is 10.1 Å². The number of carbonyl (C=O) groups excluding carboxylic acids is 1. The number of nitrogens with zero attached hydrogens (tertiary/aromatic N) is 3. The molecule has 0 fully saturated rings. The lowest BCUT2D eigenvalue weighted by Crippen LogP contribution is -2.29. The number of rotatable bonds is 5. The summed E-state index contributed by atoms with van der Waals surface area (Å²) < 4.78 is 7.64. The number of fused-ring (bicyclic) bond motifs is 3. The molecule has 1 atom stereocenters. The smallest absolute Gasteiger partial charge is 0.246 e. The van der Waals surface area contributed by atoms with Gasteiger partial charge in [0, 0.05) is 35.6 Å². The van der Waals surface area contributed by atoms with Crippen molar-refractivity contribution in [2.24, 2.45) is 0 Å². The second kappa shape index (κ2) is 7.36. The third-order valence-electron chi connectivity index (χ3n) is 4.75. The van der Waals surface area contributed by atoms with Gasteiger partial charge >= 0.3 is 0 Å². The Morgan fingerprint density at radius 1 is 1.54 bits per heavy atom. The van der Waals surface area contributed by atoms with Gasteiger partial charge in [0.05, 0.1) is 33.2 Å². The molecule has 1 aromatic carbocycles. The lowest BCUT2D eigenvalue weighted by molar-refractivity contribution is -0.124. The van der Waals surface area contributed by atoms with Crippen LogP contribution in [0.3, 0.4) is 0 Å². The molecule has 0 aliphatic carbocycles. The predicted octanol–water partition coefficient (Wildman–Crippen LogP) is 2.79. The van der Waals surface area contributed by atoms with Crippen molar-refractivity contribution >= 4 is 40.0 Å². The molecule has 144 valence electrons. The first kappa shape index (κ1) is 18.6. The van der Waals surface area contributed by atoms with E-state index < -0.39 is 12.5 Å². The number of benzene rings is 1. The molecule has 4 rings (SSSR count). The van der Waals surface area contributed by atoms with Crippen LogP contribution in [0.2, 0.25) is 10.0 Å². The number of nitrogens with one attached hydrogen (secondary N) is 2. The van der Waals surface area contributed by atoms with E-state index in [1.807, 2.05) is 10.6 Å². The maximum atomic E-state index is 11.8. The van der Waals surface area contributed by atoms with Gasteiger partial charge < -0.3 is 19.7 Å². The Labute approximate surface area is 169 Å². The average molecular weight is 420 g/mol. The van der Waals surface area contributed by atoms with Crippen LogP contribution in [-0.4, -0.2) is 39.0 Å². The van der Waals surface area contributed by atoms with E-state index in [1.165, 1.54) is 0 Å². The Morgan fingerprint density at radius 3 is 3.04 bits per heavy atom. The van der Waals surface area contributed by atoms with E-state index in [2.05, 4.69) is 15.5 Å². The quantitative estimate of drug-likeness (QED) is 0.587. The van der Waals surface area contributed by atoms with E-state index in [0.717, 1.165) is 16.8 Å². The van der Waals surface area contributed by atoms with Crippen molar-refractivity contribution in [3.05, 3.63) is 34.2 Å². The molecule has 2 aromatic heterocycles. The molecule has 0 radical (unpaired) electrons. The van der Waals surface area contributed by atoms with Crippen molar-refractivity contribution in [3.63, 3.8) is 0 Å². The van der Waals surface area contributed by atoms with Crippen LogP contribution in [0.5, 0.6) is 5.75 Å². The molecule has 0 unspecified atom stereocenters. The number of ether oxygens (including phenoxy) is 1. The fourth-order valence-electron chi connectivity index (χ4n) is 3.74. The minimum atomic E-state index is -0.596. The summed E-state index contributed by atoms with van der Waals surface area (Å²) in [4.78, 5) is 11.8. The lowest BCUT2D eigenvalue weighted by Gasteiger charge is -2.14.